The van der Waals surface area contributed by atoms with Crippen LogP contribution in [-0.2, 0) is 16.1 Å². The van der Waals surface area contributed by atoms with Crippen molar-refractivity contribution in [1.29, 1.82) is 0 Å². The average molecular weight is 803 g/mol. The van der Waals surface area contributed by atoms with Crippen molar-refractivity contribution in [2.24, 2.45) is 17.3 Å². The van der Waals surface area contributed by atoms with Crippen molar-refractivity contribution in [3.05, 3.63) is 88.0 Å². The van der Waals surface area contributed by atoms with Crippen molar-refractivity contribution in [2.75, 3.05) is 60.5 Å². The molecule has 13 heteroatoms. The van der Waals surface area contributed by atoms with E-state index in [-0.39, 0.29) is 18.7 Å². The van der Waals surface area contributed by atoms with E-state index in [2.05, 4.69) is 55.0 Å². The van der Waals surface area contributed by atoms with Gasteiger partial charge in [0, 0.05) is 68.1 Å². The van der Waals surface area contributed by atoms with Crippen LogP contribution in [-0.4, -0.2) is 96.3 Å². The summed E-state index contributed by atoms with van der Waals surface area (Å²) in [5.74, 6) is -0.514. The second kappa shape index (κ2) is 15.6. The largest absolute Gasteiger partial charge is 0.371 e. The van der Waals surface area contributed by atoms with Crippen LogP contribution in [0.3, 0.4) is 0 Å². The van der Waals surface area contributed by atoms with Gasteiger partial charge in [-0.3, -0.25) is 39.3 Å². The Bertz CT molecular complexity index is 2150. The van der Waals surface area contributed by atoms with Crippen LogP contribution in [0.2, 0.25) is 5.02 Å². The molecule has 5 saturated heterocycles. The van der Waals surface area contributed by atoms with Gasteiger partial charge in [-0.1, -0.05) is 17.7 Å². The normalized spacial score (nSPS) is 24.4. The second-order valence-electron chi connectivity index (χ2n) is 17.5. The van der Waals surface area contributed by atoms with E-state index >= 15 is 0 Å². The van der Waals surface area contributed by atoms with E-state index in [1.807, 2.05) is 30.3 Å². The van der Waals surface area contributed by atoms with E-state index in [0.29, 0.717) is 45.1 Å². The predicted molar refractivity (Wildman–Crippen MR) is 223 cm³/mol. The van der Waals surface area contributed by atoms with Gasteiger partial charge in [0.25, 0.3) is 11.8 Å². The fraction of sp³-hybridized carbons (Fsp3) is 0.511. The van der Waals surface area contributed by atoms with Crippen molar-refractivity contribution in [2.45, 2.75) is 83.3 Å². The minimum Gasteiger partial charge on any atom is -0.371 e. The highest BCUT2D eigenvalue weighted by atomic mass is 35.5. The number of carbonyl (C=O) groups excluding carboxylic acids is 4. The molecule has 7 heterocycles. The van der Waals surface area contributed by atoms with Gasteiger partial charge in [0.1, 0.15) is 6.04 Å². The first-order chi connectivity index (χ1) is 28.1. The summed E-state index contributed by atoms with van der Waals surface area (Å²) in [6.07, 6.45) is 10.4. The van der Waals surface area contributed by atoms with Gasteiger partial charge < -0.3 is 14.7 Å². The molecular weight excluding hydrogens is 752 g/mol. The summed E-state index contributed by atoms with van der Waals surface area (Å²) in [7, 11) is 0. The highest BCUT2D eigenvalue weighted by molar-refractivity contribution is 6.33. The molecule has 302 valence electrons. The van der Waals surface area contributed by atoms with Crippen LogP contribution < -0.4 is 20.0 Å². The molecule has 0 saturated carbocycles. The number of amides is 4. The monoisotopic (exact) mass is 802 g/mol. The molecule has 0 bridgehead atoms. The zero-order valence-corrected chi connectivity index (χ0v) is 33.9. The van der Waals surface area contributed by atoms with Crippen LogP contribution in [0.4, 0.5) is 22.7 Å². The SMILES string of the molecule is [C-]#[N+]c1ccc(N2CC3(CCN(c4ccc(CN5CCC(C6CCN(c7ccc8c(c7)C(=O)N(C7CCC(=O)NC7=O)C8=O)CC6)CC5)nc4)CC3)C[C@@H]2C)cc1Cl. The van der Waals surface area contributed by atoms with Crippen molar-refractivity contribution >= 4 is 58.0 Å². The molecular formula is C45H51ClN8O4. The van der Waals surface area contributed by atoms with E-state index in [0.717, 1.165) is 100 Å². The lowest BCUT2D eigenvalue weighted by Crippen LogP contribution is -2.54. The smallest absolute Gasteiger partial charge is 0.262 e. The highest BCUT2D eigenvalue weighted by Gasteiger charge is 2.46. The fourth-order valence-electron chi connectivity index (χ4n) is 10.8. The van der Waals surface area contributed by atoms with Gasteiger partial charge in [0.05, 0.1) is 35.3 Å². The van der Waals surface area contributed by atoms with Crippen molar-refractivity contribution in [1.82, 2.24) is 20.1 Å². The zero-order valence-electron chi connectivity index (χ0n) is 33.2. The molecule has 2 aromatic carbocycles. The molecule has 58 heavy (non-hydrogen) atoms. The number of fused-ring (bicyclic) bond motifs is 1. The quantitative estimate of drug-likeness (QED) is 0.206. The molecule has 6 aliphatic heterocycles. The summed E-state index contributed by atoms with van der Waals surface area (Å²) < 4.78 is 0. The molecule has 0 aliphatic carbocycles. The maximum Gasteiger partial charge on any atom is 0.262 e. The van der Waals surface area contributed by atoms with Crippen molar-refractivity contribution in [3.63, 3.8) is 0 Å². The second-order valence-corrected chi connectivity index (χ2v) is 17.9. The number of hydrogen-bond donors (Lipinski definition) is 1. The number of imide groups is 2. The van der Waals surface area contributed by atoms with Gasteiger partial charge in [0.15, 0.2) is 0 Å². The summed E-state index contributed by atoms with van der Waals surface area (Å²) in [4.78, 5) is 69.9. The number of likely N-dealkylation sites (tertiary alicyclic amines) is 1. The average Bonchev–Trinajstić information content (AvgIpc) is 3.69. The number of hydrogen-bond acceptors (Lipinski definition) is 9. The number of nitrogens with zero attached hydrogens (tertiary/aromatic N) is 7. The molecule has 1 spiro atoms. The summed E-state index contributed by atoms with van der Waals surface area (Å²) in [5.41, 5.74) is 5.86. The fourth-order valence-corrected chi connectivity index (χ4v) is 11.0. The topological polar surface area (TPSA) is 114 Å². The van der Waals surface area contributed by atoms with Crippen LogP contribution in [0.5, 0.6) is 0 Å². The lowest BCUT2D eigenvalue weighted by molar-refractivity contribution is -0.136. The molecule has 4 amide bonds. The van der Waals surface area contributed by atoms with Crippen LogP contribution in [0.15, 0.2) is 54.7 Å². The first-order valence-corrected chi connectivity index (χ1v) is 21.4. The Balaban J connectivity index is 0.720. The standard InChI is InChI=1S/C45H51ClN8O4/c1-29-25-45(28-53(29)34-6-8-39(47-2)38(46)24-34)15-21-52(22-16-45)35-4-3-32(48-26-35)27-50-17-11-30(12-18-50)31-13-19-51(20-14-31)33-5-7-36-37(23-33)44(58)54(43(36)57)40-9-10-41(55)49-42(40)56/h3-8,23-24,26,29-31,40H,9-22,25,27-28H2,1H3,(H,49,55,56)/t29-,40?/m0/s1. The van der Waals surface area contributed by atoms with E-state index in [1.54, 1.807) is 6.07 Å². The van der Waals surface area contributed by atoms with Crippen LogP contribution >= 0.6 is 11.6 Å². The van der Waals surface area contributed by atoms with Crippen LogP contribution in [0, 0.1) is 23.8 Å². The Morgan fingerprint density at radius 2 is 1.48 bits per heavy atom. The zero-order chi connectivity index (χ0) is 40.1. The van der Waals surface area contributed by atoms with E-state index in [4.69, 9.17) is 23.2 Å². The Morgan fingerprint density at radius 1 is 0.810 bits per heavy atom. The number of pyridine rings is 1. The number of halogens is 1. The molecule has 1 aromatic heterocycles. The molecule has 12 nitrogen and oxygen atoms in total. The maximum absolute atomic E-state index is 13.4. The Morgan fingerprint density at radius 3 is 2.16 bits per heavy atom. The number of piperidine rings is 4. The van der Waals surface area contributed by atoms with Crippen molar-refractivity contribution in [3.8, 4) is 0 Å². The summed E-state index contributed by atoms with van der Waals surface area (Å²) in [5, 5.41) is 2.79. The van der Waals surface area contributed by atoms with Gasteiger partial charge in [-0.05, 0) is 131 Å². The Hall–Kier alpha value is -4.99. The minimum atomic E-state index is -0.953. The Kier molecular flexibility index (Phi) is 10.4. The number of aromatic nitrogens is 1. The van der Waals surface area contributed by atoms with E-state index in [9.17, 15) is 19.2 Å². The third kappa shape index (κ3) is 7.32. The summed E-state index contributed by atoms with van der Waals surface area (Å²) in [6, 6.07) is 15.2. The van der Waals surface area contributed by atoms with Gasteiger partial charge in [0.2, 0.25) is 17.5 Å². The molecule has 1 N–H and O–H groups in total. The van der Waals surface area contributed by atoms with Gasteiger partial charge in [-0.2, -0.15) is 0 Å². The molecule has 0 radical (unpaired) electrons. The summed E-state index contributed by atoms with van der Waals surface area (Å²) >= 11 is 6.40. The highest BCUT2D eigenvalue weighted by Crippen LogP contribution is 2.46. The maximum atomic E-state index is 13.4. The van der Waals surface area contributed by atoms with Crippen molar-refractivity contribution < 1.29 is 19.2 Å². The minimum absolute atomic E-state index is 0.108. The van der Waals surface area contributed by atoms with Gasteiger partial charge in [-0.25, -0.2) is 4.85 Å². The first-order valence-electron chi connectivity index (χ1n) is 21.0. The third-order valence-corrected chi connectivity index (χ3v) is 14.5. The van der Waals surface area contributed by atoms with Gasteiger partial charge >= 0.3 is 0 Å². The van der Waals surface area contributed by atoms with E-state index < -0.39 is 23.8 Å². The lowest BCUT2D eigenvalue weighted by Gasteiger charge is -2.41. The Labute approximate surface area is 345 Å². The number of benzene rings is 2. The number of nitrogens with one attached hydrogen (secondary N) is 1. The number of carbonyl (C=O) groups is 4. The third-order valence-electron chi connectivity index (χ3n) is 14.2. The van der Waals surface area contributed by atoms with E-state index in [1.165, 1.54) is 24.9 Å². The molecule has 6 aliphatic rings. The molecule has 2 atom stereocenters. The predicted octanol–water partition coefficient (Wildman–Crippen LogP) is 6.70. The first kappa shape index (κ1) is 38.5. The number of anilines is 3. The van der Waals surface area contributed by atoms with Crippen LogP contribution in [0.25, 0.3) is 4.85 Å². The molecule has 3 aromatic rings. The van der Waals surface area contributed by atoms with Gasteiger partial charge in [-0.15, -0.1) is 0 Å². The number of rotatable bonds is 7. The molecule has 9 rings (SSSR count). The molecule has 1 unspecified atom stereocenters. The van der Waals surface area contributed by atoms with Crippen LogP contribution in [0.1, 0.15) is 91.1 Å². The molecule has 5 fully saturated rings. The lowest BCUT2D eigenvalue weighted by atomic mass is 9.76. The summed E-state index contributed by atoms with van der Waals surface area (Å²) in [6.45, 7) is 17.6.